The molecule has 0 spiro atoms. The molecular weight excluding hydrogens is 348 g/mol. The van der Waals surface area contributed by atoms with Crippen LogP contribution in [-0.4, -0.2) is 27.0 Å². The Labute approximate surface area is 148 Å². The number of hydrogen-bond donors (Lipinski definition) is 1. The average Bonchev–Trinajstić information content (AvgIpc) is 3.30. The van der Waals surface area contributed by atoms with Crippen LogP contribution in [0.4, 0.5) is 0 Å². The average molecular weight is 363 g/mol. The number of nitrogens with two attached hydrogens (primary N) is 1. The molecule has 7 heteroatoms. The Kier molecular flexibility index (Phi) is 3.80. The first-order valence-corrected chi connectivity index (χ1v) is 9.20. The molecule has 118 valence electrons. The van der Waals surface area contributed by atoms with Crippen molar-refractivity contribution >= 4 is 61.1 Å². The van der Waals surface area contributed by atoms with Gasteiger partial charge < -0.3 is 5.73 Å². The Morgan fingerprint density at radius 2 is 2.22 bits per heavy atom. The third-order valence-corrected chi connectivity index (χ3v) is 6.10. The molecule has 0 bridgehead atoms. The Bertz CT molecular complexity index is 866. The van der Waals surface area contributed by atoms with Crippen LogP contribution in [0.15, 0.2) is 27.6 Å². The van der Waals surface area contributed by atoms with Crippen molar-refractivity contribution in [1.82, 2.24) is 4.98 Å². The molecule has 2 aliphatic rings. The fourth-order valence-corrected chi connectivity index (χ4v) is 4.05. The van der Waals surface area contributed by atoms with E-state index in [1.165, 1.54) is 28.5 Å². The lowest BCUT2D eigenvalue weighted by Crippen LogP contribution is -2.36. The maximum Gasteiger partial charge on any atom is 0.148 e. The standard InChI is InChI=1S/C16H15ClN4S2/c1-7(16-20-14(17)13(22)15(18)21-16)11-4-9-10(8-2-3-8)6-23-12(9)5-19-11/h4-8,15H,2-3,18H2,1H3. The summed E-state index contributed by atoms with van der Waals surface area (Å²) in [6, 6.07) is 2.16. The van der Waals surface area contributed by atoms with E-state index >= 15 is 0 Å². The van der Waals surface area contributed by atoms with Gasteiger partial charge in [0.25, 0.3) is 0 Å². The van der Waals surface area contributed by atoms with Crippen LogP contribution in [0, 0.1) is 0 Å². The summed E-state index contributed by atoms with van der Waals surface area (Å²) in [5.41, 5.74) is 8.29. The summed E-state index contributed by atoms with van der Waals surface area (Å²) in [6.07, 6.45) is 3.92. The van der Waals surface area contributed by atoms with Gasteiger partial charge in [0.2, 0.25) is 0 Å². The molecule has 2 unspecified atom stereocenters. The molecule has 0 saturated heterocycles. The molecule has 2 aromatic rings. The van der Waals surface area contributed by atoms with Gasteiger partial charge in [-0.05, 0) is 48.1 Å². The van der Waals surface area contributed by atoms with Crippen LogP contribution >= 0.6 is 35.2 Å². The first-order chi connectivity index (χ1) is 11.0. The number of aliphatic imine (C=N–C) groups is 2. The summed E-state index contributed by atoms with van der Waals surface area (Å²) < 4.78 is 1.23. The Hall–Kier alpha value is -1.21. The molecule has 0 amide bonds. The third-order valence-electron chi connectivity index (χ3n) is 4.32. The highest BCUT2D eigenvalue weighted by molar-refractivity contribution is 7.82. The van der Waals surface area contributed by atoms with Gasteiger partial charge in [0, 0.05) is 6.20 Å². The molecule has 1 fully saturated rings. The molecule has 1 aliphatic carbocycles. The van der Waals surface area contributed by atoms with E-state index in [-0.39, 0.29) is 11.1 Å². The topological polar surface area (TPSA) is 63.6 Å². The lowest BCUT2D eigenvalue weighted by molar-refractivity contribution is 0.878. The van der Waals surface area contributed by atoms with E-state index in [9.17, 15) is 0 Å². The maximum atomic E-state index is 6.07. The highest BCUT2D eigenvalue weighted by atomic mass is 35.5. The highest BCUT2D eigenvalue weighted by Crippen LogP contribution is 2.45. The molecule has 0 aromatic carbocycles. The normalized spacial score (nSPS) is 22.9. The second-order valence-corrected chi connectivity index (χ2v) is 7.70. The largest absolute Gasteiger partial charge is 0.305 e. The molecule has 2 atom stereocenters. The van der Waals surface area contributed by atoms with Gasteiger partial charge in [0.15, 0.2) is 0 Å². The number of rotatable bonds is 3. The van der Waals surface area contributed by atoms with Gasteiger partial charge in [-0.15, -0.1) is 11.3 Å². The molecule has 4 rings (SSSR count). The molecule has 1 saturated carbocycles. The van der Waals surface area contributed by atoms with E-state index in [0.29, 0.717) is 10.7 Å². The van der Waals surface area contributed by atoms with Crippen molar-refractivity contribution in [3.05, 3.63) is 28.9 Å². The first-order valence-electron chi connectivity index (χ1n) is 7.53. The number of amidine groups is 1. The van der Waals surface area contributed by atoms with Crippen molar-refractivity contribution in [2.24, 2.45) is 15.7 Å². The van der Waals surface area contributed by atoms with E-state index in [1.807, 2.05) is 13.1 Å². The predicted molar refractivity (Wildman–Crippen MR) is 101 cm³/mol. The van der Waals surface area contributed by atoms with Gasteiger partial charge in [-0.3, -0.25) is 4.98 Å². The molecule has 3 heterocycles. The lowest BCUT2D eigenvalue weighted by atomic mass is 10.0. The van der Waals surface area contributed by atoms with Gasteiger partial charge in [-0.25, -0.2) is 9.98 Å². The number of aromatic nitrogens is 1. The van der Waals surface area contributed by atoms with Crippen molar-refractivity contribution in [3.63, 3.8) is 0 Å². The van der Waals surface area contributed by atoms with Crippen LogP contribution in [0.5, 0.6) is 0 Å². The van der Waals surface area contributed by atoms with E-state index in [0.717, 1.165) is 11.6 Å². The monoisotopic (exact) mass is 362 g/mol. The smallest absolute Gasteiger partial charge is 0.148 e. The van der Waals surface area contributed by atoms with Crippen molar-refractivity contribution < 1.29 is 0 Å². The maximum absolute atomic E-state index is 6.07. The quantitative estimate of drug-likeness (QED) is 0.840. The fourth-order valence-electron chi connectivity index (χ4n) is 2.76. The first kappa shape index (κ1) is 15.3. The van der Waals surface area contributed by atoms with E-state index in [2.05, 4.69) is 26.4 Å². The summed E-state index contributed by atoms with van der Waals surface area (Å²) in [5.74, 6) is 1.24. The fraction of sp³-hybridized carbons (Fsp3) is 0.375. The molecular formula is C16H15ClN4S2. The molecule has 1 aliphatic heterocycles. The van der Waals surface area contributed by atoms with Crippen LogP contribution in [0.1, 0.15) is 42.9 Å². The number of halogens is 1. The zero-order chi connectivity index (χ0) is 16.1. The van der Waals surface area contributed by atoms with Crippen molar-refractivity contribution in [1.29, 1.82) is 0 Å². The van der Waals surface area contributed by atoms with Gasteiger partial charge in [-0.2, -0.15) is 0 Å². The lowest BCUT2D eigenvalue weighted by Gasteiger charge is -2.18. The molecule has 2 N–H and O–H groups in total. The summed E-state index contributed by atoms with van der Waals surface area (Å²) in [6.45, 7) is 2.02. The van der Waals surface area contributed by atoms with Crippen LogP contribution in [0.25, 0.3) is 10.1 Å². The zero-order valence-electron chi connectivity index (χ0n) is 12.5. The van der Waals surface area contributed by atoms with Gasteiger partial charge in [0.1, 0.15) is 17.2 Å². The minimum atomic E-state index is -0.598. The number of fused-ring (bicyclic) bond motifs is 1. The Morgan fingerprint density at radius 3 is 2.91 bits per heavy atom. The van der Waals surface area contributed by atoms with Crippen molar-refractivity contribution in [2.75, 3.05) is 0 Å². The summed E-state index contributed by atoms with van der Waals surface area (Å²) in [4.78, 5) is 13.6. The van der Waals surface area contributed by atoms with Crippen molar-refractivity contribution in [2.45, 2.75) is 37.8 Å². The summed E-state index contributed by atoms with van der Waals surface area (Å²) >= 11 is 12.9. The number of nitrogens with zero attached hydrogens (tertiary/aromatic N) is 3. The van der Waals surface area contributed by atoms with E-state index in [4.69, 9.17) is 29.6 Å². The summed E-state index contributed by atoms with van der Waals surface area (Å²) in [5, 5.41) is 3.83. The van der Waals surface area contributed by atoms with Gasteiger partial charge in [-0.1, -0.05) is 23.8 Å². The van der Waals surface area contributed by atoms with Crippen LogP contribution in [0.3, 0.4) is 0 Å². The third kappa shape index (κ3) is 2.74. The van der Waals surface area contributed by atoms with E-state index < -0.39 is 6.17 Å². The van der Waals surface area contributed by atoms with Gasteiger partial charge in [0.05, 0.1) is 21.2 Å². The highest BCUT2D eigenvalue weighted by Gasteiger charge is 2.28. The number of thiophene rings is 1. The second kappa shape index (κ2) is 5.70. The van der Waals surface area contributed by atoms with Crippen LogP contribution in [0.2, 0.25) is 0 Å². The number of hydrogen-bond acceptors (Lipinski definition) is 6. The zero-order valence-corrected chi connectivity index (χ0v) is 14.9. The van der Waals surface area contributed by atoms with Crippen LogP contribution in [-0.2, 0) is 0 Å². The second-order valence-electron chi connectivity index (χ2n) is 5.99. The molecule has 0 radical (unpaired) electrons. The summed E-state index contributed by atoms with van der Waals surface area (Å²) in [7, 11) is 0. The SMILES string of the molecule is CC(C1=NC(N)C(=S)C(Cl)=N1)c1cc2c(C3CC3)csc2cn1. The Balaban J connectivity index is 1.72. The number of thiocarbonyl (C=S) groups is 1. The van der Waals surface area contributed by atoms with Crippen LogP contribution < -0.4 is 5.73 Å². The molecule has 2 aromatic heterocycles. The number of pyridine rings is 1. The predicted octanol–water partition coefficient (Wildman–Crippen LogP) is 3.98. The molecule has 23 heavy (non-hydrogen) atoms. The minimum Gasteiger partial charge on any atom is -0.305 e. The molecule has 4 nitrogen and oxygen atoms in total. The Morgan fingerprint density at radius 1 is 1.43 bits per heavy atom. The van der Waals surface area contributed by atoms with Gasteiger partial charge >= 0.3 is 0 Å². The van der Waals surface area contributed by atoms with E-state index in [1.54, 1.807) is 11.3 Å². The minimum absolute atomic E-state index is 0.0748. The van der Waals surface area contributed by atoms with Crippen molar-refractivity contribution in [3.8, 4) is 0 Å².